The summed E-state index contributed by atoms with van der Waals surface area (Å²) >= 11 is 6.11. The highest BCUT2D eigenvalue weighted by atomic mass is 35.5. The molecule has 0 saturated carbocycles. The van der Waals surface area contributed by atoms with Crippen molar-refractivity contribution in [3.8, 4) is 16.9 Å². The van der Waals surface area contributed by atoms with E-state index in [0.717, 1.165) is 28.9 Å². The van der Waals surface area contributed by atoms with Gasteiger partial charge in [0.05, 0.1) is 0 Å². The molecule has 0 amide bonds. The number of benzene rings is 2. The second kappa shape index (κ2) is 6.62. The van der Waals surface area contributed by atoms with Crippen LogP contribution in [0.4, 0.5) is 0 Å². The minimum absolute atomic E-state index is 0.516. The molecular formula is C18H19ClO. The first-order chi connectivity index (χ1) is 9.60. The number of aryl methyl sites for hydroxylation is 1. The van der Waals surface area contributed by atoms with Gasteiger partial charge >= 0.3 is 0 Å². The van der Waals surface area contributed by atoms with Crippen LogP contribution in [0.25, 0.3) is 11.1 Å². The molecule has 2 aromatic rings. The number of hydrogen-bond acceptors (Lipinski definition) is 1. The molecule has 0 fully saturated rings. The predicted molar refractivity (Wildman–Crippen MR) is 86.6 cm³/mol. The monoisotopic (exact) mass is 286 g/mol. The molecule has 2 heteroatoms. The van der Waals surface area contributed by atoms with Crippen LogP contribution in [0.15, 0.2) is 54.6 Å². The molecule has 0 radical (unpaired) electrons. The zero-order valence-corrected chi connectivity index (χ0v) is 12.7. The molecule has 0 aromatic heterocycles. The number of hydrogen-bond donors (Lipinski definition) is 0. The lowest BCUT2D eigenvalue weighted by molar-refractivity contribution is 0.354. The Bertz CT molecular complexity index is 599. The van der Waals surface area contributed by atoms with Gasteiger partial charge in [0.25, 0.3) is 0 Å². The lowest BCUT2D eigenvalue weighted by Crippen LogP contribution is -1.99. The van der Waals surface area contributed by atoms with Crippen molar-refractivity contribution in [1.82, 2.24) is 0 Å². The lowest BCUT2D eigenvalue weighted by atomic mass is 10.0. The third-order valence-corrected chi connectivity index (χ3v) is 3.32. The van der Waals surface area contributed by atoms with E-state index in [4.69, 9.17) is 16.3 Å². The summed E-state index contributed by atoms with van der Waals surface area (Å²) in [6.45, 7) is 8.48. The molecule has 0 heterocycles. The minimum atomic E-state index is 0.516. The Kier molecular flexibility index (Phi) is 4.86. The van der Waals surface area contributed by atoms with Gasteiger partial charge in [0, 0.05) is 10.6 Å². The van der Waals surface area contributed by atoms with Crippen LogP contribution in [0.1, 0.15) is 19.4 Å². The molecular weight excluding hydrogens is 268 g/mol. The van der Waals surface area contributed by atoms with Crippen LogP contribution >= 0.6 is 11.6 Å². The molecule has 2 aromatic carbocycles. The van der Waals surface area contributed by atoms with Crippen LogP contribution in [-0.2, 0) is 6.42 Å². The second-order valence-corrected chi connectivity index (χ2v) is 5.37. The zero-order valence-electron chi connectivity index (χ0n) is 11.9. The maximum Gasteiger partial charge on any atom is 0.127 e. The average Bonchev–Trinajstić information content (AvgIpc) is 2.46. The van der Waals surface area contributed by atoms with Crippen molar-refractivity contribution in [2.24, 2.45) is 0 Å². The van der Waals surface area contributed by atoms with E-state index in [1.54, 1.807) is 0 Å². The Morgan fingerprint density at radius 3 is 2.45 bits per heavy atom. The Morgan fingerprint density at radius 1 is 1.15 bits per heavy atom. The predicted octanol–water partition coefficient (Wildman–Crippen LogP) is 5.52. The molecule has 0 aliphatic heterocycles. The number of halogens is 1. The number of ether oxygens (including phenoxy) is 1. The summed E-state index contributed by atoms with van der Waals surface area (Å²) in [4.78, 5) is 0. The van der Waals surface area contributed by atoms with Crippen molar-refractivity contribution < 1.29 is 4.74 Å². The van der Waals surface area contributed by atoms with Gasteiger partial charge in [-0.1, -0.05) is 49.4 Å². The molecule has 0 aliphatic rings. The van der Waals surface area contributed by atoms with Gasteiger partial charge in [0.2, 0.25) is 0 Å². The van der Waals surface area contributed by atoms with Crippen molar-refractivity contribution in [1.29, 1.82) is 0 Å². The van der Waals surface area contributed by atoms with Crippen LogP contribution in [0, 0.1) is 0 Å². The van der Waals surface area contributed by atoms with E-state index >= 15 is 0 Å². The highest BCUT2D eigenvalue weighted by Crippen LogP contribution is 2.33. The van der Waals surface area contributed by atoms with Crippen molar-refractivity contribution in [3.05, 3.63) is 65.2 Å². The third kappa shape index (κ3) is 3.64. The van der Waals surface area contributed by atoms with Gasteiger partial charge < -0.3 is 4.74 Å². The van der Waals surface area contributed by atoms with Gasteiger partial charge in [0.1, 0.15) is 12.4 Å². The molecule has 0 spiro atoms. The Morgan fingerprint density at radius 2 is 1.85 bits per heavy atom. The second-order valence-electron chi connectivity index (χ2n) is 4.94. The fourth-order valence-corrected chi connectivity index (χ4v) is 2.15. The van der Waals surface area contributed by atoms with Gasteiger partial charge in [-0.2, -0.15) is 0 Å². The van der Waals surface area contributed by atoms with Crippen LogP contribution in [0.5, 0.6) is 5.75 Å². The Labute approximate surface area is 125 Å². The van der Waals surface area contributed by atoms with Crippen LogP contribution in [-0.4, -0.2) is 6.61 Å². The molecule has 0 bridgehead atoms. The summed E-state index contributed by atoms with van der Waals surface area (Å²) in [6, 6.07) is 14.2. The van der Waals surface area contributed by atoms with E-state index in [9.17, 15) is 0 Å². The van der Waals surface area contributed by atoms with Crippen LogP contribution < -0.4 is 4.74 Å². The molecule has 0 aliphatic carbocycles. The third-order valence-electron chi connectivity index (χ3n) is 3.09. The lowest BCUT2D eigenvalue weighted by Gasteiger charge is -2.12. The maximum absolute atomic E-state index is 6.11. The van der Waals surface area contributed by atoms with Crippen molar-refractivity contribution in [2.75, 3.05) is 6.61 Å². The standard InChI is InChI=1S/C18H19ClO/c1-4-14-5-7-15(8-6-14)17-11-16(19)9-10-18(17)20-12-13(2)3/h5-11H,2,4,12H2,1,3H3. The fraction of sp³-hybridized carbons (Fsp3) is 0.222. The Hall–Kier alpha value is -1.73. The summed E-state index contributed by atoms with van der Waals surface area (Å²) in [5, 5.41) is 0.710. The molecule has 104 valence electrons. The topological polar surface area (TPSA) is 9.23 Å². The van der Waals surface area contributed by atoms with E-state index in [0.29, 0.717) is 11.6 Å². The van der Waals surface area contributed by atoms with E-state index in [1.807, 2.05) is 25.1 Å². The van der Waals surface area contributed by atoms with Crippen molar-refractivity contribution in [3.63, 3.8) is 0 Å². The molecule has 0 saturated heterocycles. The fourth-order valence-electron chi connectivity index (χ4n) is 1.97. The van der Waals surface area contributed by atoms with E-state index < -0.39 is 0 Å². The van der Waals surface area contributed by atoms with E-state index in [-0.39, 0.29) is 0 Å². The van der Waals surface area contributed by atoms with Gasteiger partial charge in [-0.05, 0) is 48.2 Å². The van der Waals surface area contributed by atoms with Crippen molar-refractivity contribution in [2.45, 2.75) is 20.3 Å². The van der Waals surface area contributed by atoms with Crippen molar-refractivity contribution >= 4 is 11.6 Å². The van der Waals surface area contributed by atoms with E-state index in [2.05, 4.69) is 37.8 Å². The minimum Gasteiger partial charge on any atom is -0.489 e. The van der Waals surface area contributed by atoms with E-state index in [1.165, 1.54) is 5.56 Å². The quantitative estimate of drug-likeness (QED) is 0.657. The zero-order chi connectivity index (χ0) is 14.5. The first-order valence-corrected chi connectivity index (χ1v) is 7.14. The normalized spacial score (nSPS) is 10.3. The highest BCUT2D eigenvalue weighted by Gasteiger charge is 2.07. The summed E-state index contributed by atoms with van der Waals surface area (Å²) in [7, 11) is 0. The molecule has 0 unspecified atom stereocenters. The van der Waals surface area contributed by atoms with Crippen LogP contribution in [0.2, 0.25) is 5.02 Å². The first-order valence-electron chi connectivity index (χ1n) is 6.76. The summed E-state index contributed by atoms with van der Waals surface area (Å²) in [6.07, 6.45) is 1.04. The van der Waals surface area contributed by atoms with Gasteiger partial charge in [-0.3, -0.25) is 0 Å². The molecule has 0 atom stereocenters. The molecule has 20 heavy (non-hydrogen) atoms. The maximum atomic E-state index is 6.11. The summed E-state index contributed by atoms with van der Waals surface area (Å²) in [5.41, 5.74) is 4.44. The van der Waals surface area contributed by atoms with Gasteiger partial charge in [-0.15, -0.1) is 0 Å². The summed E-state index contributed by atoms with van der Waals surface area (Å²) < 4.78 is 5.81. The van der Waals surface area contributed by atoms with Crippen LogP contribution in [0.3, 0.4) is 0 Å². The Balaban J connectivity index is 2.36. The summed E-state index contributed by atoms with van der Waals surface area (Å²) in [5.74, 6) is 0.835. The number of rotatable bonds is 5. The molecule has 0 N–H and O–H groups in total. The molecule has 2 rings (SSSR count). The van der Waals surface area contributed by atoms with Gasteiger partial charge in [0.15, 0.2) is 0 Å². The smallest absolute Gasteiger partial charge is 0.127 e. The molecule has 1 nitrogen and oxygen atoms in total. The SMILES string of the molecule is C=C(C)COc1ccc(Cl)cc1-c1ccc(CC)cc1. The van der Waals surface area contributed by atoms with Gasteiger partial charge in [-0.25, -0.2) is 0 Å². The first kappa shape index (κ1) is 14.7. The average molecular weight is 287 g/mol. The largest absolute Gasteiger partial charge is 0.489 e. The highest BCUT2D eigenvalue weighted by molar-refractivity contribution is 6.31.